The average Bonchev–Trinajstić information content (AvgIpc) is 2.38. The first-order valence-corrected chi connectivity index (χ1v) is 5.42. The number of anilines is 1. The third kappa shape index (κ3) is 5.61. The van der Waals surface area contributed by atoms with Crippen molar-refractivity contribution in [3.63, 3.8) is 0 Å². The largest absolute Gasteiger partial charge is 0.480 e. The van der Waals surface area contributed by atoms with Gasteiger partial charge in [0.15, 0.2) is 0 Å². The number of rotatable bonds is 5. The van der Waals surface area contributed by atoms with Crippen LogP contribution in [-0.4, -0.2) is 36.2 Å². The molecule has 1 aromatic carbocycles. The van der Waals surface area contributed by atoms with Gasteiger partial charge in [-0.05, 0) is 18.2 Å². The molecule has 104 valence electrons. The lowest BCUT2D eigenvalue weighted by Crippen LogP contribution is -2.37. The maximum absolute atomic E-state index is 11.4. The molecule has 0 aliphatic heterocycles. The molecule has 0 atom stereocenters. The van der Waals surface area contributed by atoms with Gasteiger partial charge in [-0.15, -0.1) is 0 Å². The Morgan fingerprint density at radius 1 is 1.30 bits per heavy atom. The van der Waals surface area contributed by atoms with Gasteiger partial charge in [-0.2, -0.15) is 5.26 Å². The quantitative estimate of drug-likeness (QED) is 0.710. The lowest BCUT2D eigenvalue weighted by atomic mass is 10.2. The zero-order chi connectivity index (χ0) is 15.0. The third-order valence-electron chi connectivity index (χ3n) is 1.96. The van der Waals surface area contributed by atoms with Crippen LogP contribution in [0.15, 0.2) is 24.3 Å². The summed E-state index contributed by atoms with van der Waals surface area (Å²) in [7, 11) is 0. The fourth-order valence-corrected chi connectivity index (χ4v) is 1.22. The number of carbonyl (C=O) groups excluding carboxylic acids is 2. The molecule has 0 unspecified atom stereocenters. The maximum atomic E-state index is 11.4. The third-order valence-corrected chi connectivity index (χ3v) is 1.96. The molecule has 0 radical (unpaired) electrons. The van der Waals surface area contributed by atoms with Crippen LogP contribution < -0.4 is 10.6 Å². The SMILES string of the molecule is N#Cc1cccc(NC(=O)NC(=O)COCC(=O)O)c1. The lowest BCUT2D eigenvalue weighted by Gasteiger charge is -2.06. The summed E-state index contributed by atoms with van der Waals surface area (Å²) >= 11 is 0. The highest BCUT2D eigenvalue weighted by molar-refractivity contribution is 6.01. The molecule has 1 aromatic rings. The van der Waals surface area contributed by atoms with Crippen molar-refractivity contribution in [2.24, 2.45) is 0 Å². The molecule has 3 amide bonds. The van der Waals surface area contributed by atoms with E-state index in [2.05, 4.69) is 10.1 Å². The number of hydrogen-bond donors (Lipinski definition) is 3. The van der Waals surface area contributed by atoms with Crippen molar-refractivity contribution in [1.82, 2.24) is 5.32 Å². The molecular formula is C12H11N3O5. The van der Waals surface area contributed by atoms with Gasteiger partial charge in [0.1, 0.15) is 13.2 Å². The summed E-state index contributed by atoms with van der Waals surface area (Å²) in [6.45, 7) is -1.17. The second-order valence-electron chi connectivity index (χ2n) is 3.58. The number of ether oxygens (including phenoxy) is 1. The Morgan fingerprint density at radius 2 is 2.05 bits per heavy atom. The van der Waals surface area contributed by atoms with Gasteiger partial charge in [-0.3, -0.25) is 10.1 Å². The summed E-state index contributed by atoms with van der Waals surface area (Å²) in [5.41, 5.74) is 0.708. The van der Waals surface area contributed by atoms with Crippen LogP contribution in [0.5, 0.6) is 0 Å². The normalized spacial score (nSPS) is 9.35. The predicted octanol–water partition coefficient (Wildman–Crippen LogP) is 0.308. The van der Waals surface area contributed by atoms with Gasteiger partial charge in [-0.25, -0.2) is 9.59 Å². The highest BCUT2D eigenvalue weighted by atomic mass is 16.5. The molecule has 0 heterocycles. The first-order chi connectivity index (χ1) is 9.51. The molecule has 20 heavy (non-hydrogen) atoms. The minimum atomic E-state index is -1.21. The van der Waals surface area contributed by atoms with Crippen LogP contribution in [0, 0.1) is 11.3 Å². The monoisotopic (exact) mass is 277 g/mol. The van der Waals surface area contributed by atoms with Crippen LogP contribution in [0.1, 0.15) is 5.56 Å². The Labute approximate surface area is 114 Å². The van der Waals surface area contributed by atoms with Crippen LogP contribution in [0.4, 0.5) is 10.5 Å². The molecule has 0 aromatic heterocycles. The molecule has 0 aliphatic carbocycles. The first-order valence-electron chi connectivity index (χ1n) is 5.42. The maximum Gasteiger partial charge on any atom is 0.329 e. The minimum Gasteiger partial charge on any atom is -0.480 e. The molecule has 8 nitrogen and oxygen atoms in total. The summed E-state index contributed by atoms with van der Waals surface area (Å²) in [6, 6.07) is 7.23. The molecular weight excluding hydrogens is 266 g/mol. The minimum absolute atomic E-state index is 0.348. The number of nitrogens with one attached hydrogen (secondary N) is 2. The van der Waals surface area contributed by atoms with Gasteiger partial charge >= 0.3 is 12.0 Å². The Hall–Kier alpha value is -2.92. The molecule has 0 bridgehead atoms. The van der Waals surface area contributed by atoms with Gasteiger partial charge in [-0.1, -0.05) is 6.07 Å². The highest BCUT2D eigenvalue weighted by Gasteiger charge is 2.09. The number of nitrogens with zero attached hydrogens (tertiary/aromatic N) is 1. The summed E-state index contributed by atoms with van der Waals surface area (Å²) in [4.78, 5) is 32.8. The van der Waals surface area contributed by atoms with Crippen LogP contribution >= 0.6 is 0 Å². The zero-order valence-corrected chi connectivity index (χ0v) is 10.3. The molecule has 1 rings (SSSR count). The van der Waals surface area contributed by atoms with Crippen molar-refractivity contribution in [2.45, 2.75) is 0 Å². The number of amides is 3. The fraction of sp³-hybridized carbons (Fsp3) is 0.167. The number of hydrogen-bond acceptors (Lipinski definition) is 5. The Morgan fingerprint density at radius 3 is 2.70 bits per heavy atom. The molecule has 3 N–H and O–H groups in total. The molecule has 0 spiro atoms. The second-order valence-corrected chi connectivity index (χ2v) is 3.58. The van der Waals surface area contributed by atoms with E-state index in [-0.39, 0.29) is 0 Å². The van der Waals surface area contributed by atoms with E-state index in [0.717, 1.165) is 0 Å². The van der Waals surface area contributed by atoms with E-state index in [0.29, 0.717) is 11.3 Å². The number of carboxylic acid groups (broad SMARTS) is 1. The van der Waals surface area contributed by atoms with Crippen LogP contribution in [0.3, 0.4) is 0 Å². The van der Waals surface area contributed by atoms with Crippen molar-refractivity contribution in [3.8, 4) is 6.07 Å². The molecule has 8 heteroatoms. The van der Waals surface area contributed by atoms with E-state index in [4.69, 9.17) is 10.4 Å². The van der Waals surface area contributed by atoms with Gasteiger partial charge in [0.25, 0.3) is 5.91 Å². The van der Waals surface area contributed by atoms with E-state index in [1.807, 2.05) is 11.4 Å². The number of urea groups is 1. The van der Waals surface area contributed by atoms with Crippen molar-refractivity contribution in [1.29, 1.82) is 5.26 Å². The van der Waals surface area contributed by atoms with Gasteiger partial charge in [0.2, 0.25) is 0 Å². The fourth-order valence-electron chi connectivity index (χ4n) is 1.22. The topological polar surface area (TPSA) is 129 Å². The Kier molecular flexibility index (Phi) is 5.68. The van der Waals surface area contributed by atoms with Gasteiger partial charge in [0, 0.05) is 5.69 Å². The number of carboxylic acids is 1. The van der Waals surface area contributed by atoms with E-state index in [1.165, 1.54) is 6.07 Å². The number of nitriles is 1. The van der Waals surface area contributed by atoms with E-state index < -0.39 is 31.1 Å². The number of benzene rings is 1. The molecule has 0 saturated carbocycles. The standard InChI is InChI=1S/C12H11N3O5/c13-5-8-2-1-3-9(4-8)14-12(19)15-10(16)6-20-7-11(17)18/h1-4H,6-7H2,(H,17,18)(H2,14,15,16,19). The zero-order valence-electron chi connectivity index (χ0n) is 10.3. The average molecular weight is 277 g/mol. The van der Waals surface area contributed by atoms with E-state index >= 15 is 0 Å². The summed E-state index contributed by atoms with van der Waals surface area (Å²) in [5, 5.41) is 21.3. The smallest absolute Gasteiger partial charge is 0.329 e. The summed E-state index contributed by atoms with van der Waals surface area (Å²) in [5.74, 6) is -1.99. The van der Waals surface area contributed by atoms with Gasteiger partial charge < -0.3 is 15.2 Å². The molecule has 0 fully saturated rings. The summed E-state index contributed by atoms with van der Waals surface area (Å²) < 4.78 is 4.51. The van der Waals surface area contributed by atoms with E-state index in [9.17, 15) is 14.4 Å². The molecule has 0 saturated heterocycles. The van der Waals surface area contributed by atoms with E-state index in [1.54, 1.807) is 18.2 Å². The van der Waals surface area contributed by atoms with Crippen molar-refractivity contribution in [3.05, 3.63) is 29.8 Å². The molecule has 0 aliphatic rings. The van der Waals surface area contributed by atoms with Crippen molar-refractivity contribution < 1.29 is 24.2 Å². The lowest BCUT2D eigenvalue weighted by molar-refractivity contribution is -0.143. The Bertz CT molecular complexity index is 564. The van der Waals surface area contributed by atoms with Crippen LogP contribution in [0.2, 0.25) is 0 Å². The van der Waals surface area contributed by atoms with Crippen molar-refractivity contribution >= 4 is 23.6 Å². The number of imide groups is 1. The highest BCUT2D eigenvalue weighted by Crippen LogP contribution is 2.09. The van der Waals surface area contributed by atoms with Crippen molar-refractivity contribution in [2.75, 3.05) is 18.5 Å². The predicted molar refractivity (Wildman–Crippen MR) is 66.8 cm³/mol. The first kappa shape index (κ1) is 15.1. The number of carbonyl (C=O) groups is 3. The Balaban J connectivity index is 2.41. The van der Waals surface area contributed by atoms with Gasteiger partial charge in [0.05, 0.1) is 11.6 Å². The van der Waals surface area contributed by atoms with Crippen LogP contribution in [-0.2, 0) is 14.3 Å². The van der Waals surface area contributed by atoms with Crippen LogP contribution in [0.25, 0.3) is 0 Å². The second kappa shape index (κ2) is 7.50. The number of aliphatic carboxylic acids is 1. The summed E-state index contributed by atoms with van der Waals surface area (Å²) in [6.07, 6.45) is 0.